The van der Waals surface area contributed by atoms with Gasteiger partial charge in [0.25, 0.3) is 0 Å². The molecule has 0 amide bonds. The number of unbranched alkanes of at least 4 members (excludes halogenated alkanes) is 1. The van der Waals surface area contributed by atoms with Crippen LogP contribution >= 0.6 is 11.8 Å². The van der Waals surface area contributed by atoms with E-state index in [9.17, 15) is 0 Å². The van der Waals surface area contributed by atoms with E-state index in [2.05, 4.69) is 247 Å². The predicted molar refractivity (Wildman–Crippen MR) is 369 cm³/mol. The maximum atomic E-state index is 7.99. The largest absolute Gasteiger partial charge is 0.491 e. The van der Waals surface area contributed by atoms with Gasteiger partial charge in [0.1, 0.15) is 48.9 Å². The van der Waals surface area contributed by atoms with Crippen LogP contribution in [0.4, 0.5) is 0 Å². The van der Waals surface area contributed by atoms with Gasteiger partial charge in [0, 0.05) is 93.3 Å². The van der Waals surface area contributed by atoms with Crippen molar-refractivity contribution >= 4 is 45.2 Å². The average Bonchev–Trinajstić information content (AvgIpc) is 1.58. The molecule has 0 aromatic heterocycles. The molecular formula is C79H80O7SSi2. The SMILES string of the molecule is C#CC#CC#CC#CC#CC#CC#CC#CC#COCCOc1ccc(C2(c3ccc(OCCOCCC[Si](C)(C)O[Si](C)(C)CCCC)cc3)C=Cc3c4c(c5cc6c(cc5c3O2)SC(C(C)C)(C(C)C)O6)-c2ccccc2C42CCCCCCC2)cc1. The van der Waals surface area contributed by atoms with E-state index < -0.39 is 27.2 Å². The van der Waals surface area contributed by atoms with Gasteiger partial charge in [-0.05, 0) is 175 Å². The van der Waals surface area contributed by atoms with E-state index >= 15 is 0 Å². The molecule has 2 aliphatic carbocycles. The Morgan fingerprint density at radius 2 is 1.15 bits per heavy atom. The third-order valence-electron chi connectivity index (χ3n) is 17.0. The smallest absolute Gasteiger partial charge is 0.178 e. The van der Waals surface area contributed by atoms with Crippen LogP contribution in [0, 0.1) is 119 Å². The molecule has 1 spiro atoms. The molecule has 2 aliphatic heterocycles. The van der Waals surface area contributed by atoms with E-state index in [-0.39, 0.29) is 30.5 Å². The van der Waals surface area contributed by atoms with Crippen molar-refractivity contribution in [3.63, 3.8) is 0 Å². The Hall–Kier alpha value is -8.16. The molecule has 0 radical (unpaired) electrons. The highest BCUT2D eigenvalue weighted by molar-refractivity contribution is 8.01. The minimum atomic E-state index is -1.77. The first-order chi connectivity index (χ1) is 43.2. The molecule has 5 aromatic rings. The summed E-state index contributed by atoms with van der Waals surface area (Å²) in [6.07, 6.45) is 24.1. The molecule has 2 heterocycles. The van der Waals surface area contributed by atoms with Crippen molar-refractivity contribution in [1.29, 1.82) is 0 Å². The zero-order chi connectivity index (χ0) is 62.7. The molecule has 4 aliphatic rings. The van der Waals surface area contributed by atoms with Crippen LogP contribution in [-0.2, 0) is 24.6 Å². The fourth-order valence-electron chi connectivity index (χ4n) is 13.1. The van der Waals surface area contributed by atoms with Gasteiger partial charge in [0.2, 0.25) is 0 Å². The van der Waals surface area contributed by atoms with Gasteiger partial charge in [-0.3, -0.25) is 0 Å². The number of terminal acetylenes is 1. The Kier molecular flexibility index (Phi) is 22.3. The van der Waals surface area contributed by atoms with E-state index in [0.717, 1.165) is 64.0 Å². The van der Waals surface area contributed by atoms with Gasteiger partial charge < -0.3 is 32.5 Å². The van der Waals surface area contributed by atoms with Gasteiger partial charge >= 0.3 is 0 Å². The number of hydrogen-bond acceptors (Lipinski definition) is 8. The Bertz CT molecular complexity index is 4000. The second kappa shape index (κ2) is 30.4. The zero-order valence-corrected chi connectivity index (χ0v) is 56.1. The van der Waals surface area contributed by atoms with Crippen molar-refractivity contribution in [3.8, 4) is 141 Å². The van der Waals surface area contributed by atoms with Gasteiger partial charge in [0.15, 0.2) is 27.2 Å². The van der Waals surface area contributed by atoms with Crippen molar-refractivity contribution in [2.45, 2.75) is 158 Å². The highest BCUT2D eigenvalue weighted by atomic mass is 32.2. The molecule has 9 rings (SSSR count). The molecule has 5 aromatic carbocycles. The van der Waals surface area contributed by atoms with Gasteiger partial charge in [0.05, 0.1) is 11.5 Å². The third-order valence-corrected chi connectivity index (χ3v) is 26.4. The minimum Gasteiger partial charge on any atom is -0.491 e. The van der Waals surface area contributed by atoms with Crippen LogP contribution in [0.2, 0.25) is 38.3 Å². The molecule has 10 heteroatoms. The summed E-state index contributed by atoms with van der Waals surface area (Å²) in [5.41, 5.74) is 7.39. The first-order valence-electron chi connectivity index (χ1n) is 31.5. The fourth-order valence-corrected chi connectivity index (χ4v) is 23.4. The van der Waals surface area contributed by atoms with Crippen LogP contribution in [0.3, 0.4) is 0 Å². The fraction of sp³-hybridized carbons (Fsp3) is 0.392. The molecule has 89 heavy (non-hydrogen) atoms. The number of thioether (sulfide) groups is 1. The van der Waals surface area contributed by atoms with E-state index in [1.165, 1.54) is 84.2 Å². The number of rotatable bonds is 21. The van der Waals surface area contributed by atoms with Crippen LogP contribution in [0.25, 0.3) is 28.0 Å². The van der Waals surface area contributed by atoms with Gasteiger partial charge in [-0.25, -0.2) is 0 Å². The molecule has 1 saturated carbocycles. The summed E-state index contributed by atoms with van der Waals surface area (Å²) in [5.74, 6) is 44.4. The highest BCUT2D eigenvalue weighted by Gasteiger charge is 2.50. The zero-order valence-electron chi connectivity index (χ0n) is 53.3. The van der Waals surface area contributed by atoms with Crippen LogP contribution in [0.5, 0.6) is 23.0 Å². The lowest BCUT2D eigenvalue weighted by Gasteiger charge is -2.40. The standard InChI is InChI=1S/C79H80O7SSi2/c1-11-13-15-16-17-18-19-20-21-22-23-24-25-26-30-35-51-80-53-55-82-65-43-39-63(40-44-65)78(64-41-45-66(46-42-64)83-56-54-81-52-36-58-89(9,10)86-88(7,8)57-14-12-2)50-47-68-75-74(67-37-31-32-38-71(67)77(75)48-33-28-27-29-34-49-77)69-59-72-73(60-70(69)76(68)85-78)87-79(84-72,61(3)4)62(5)6/h1,31-32,37-47,50,59-62H,12,14,27-29,33-34,36,48-49,52-58H2,2-10H3. The van der Waals surface area contributed by atoms with Crippen molar-refractivity contribution in [1.82, 2.24) is 0 Å². The molecule has 0 saturated heterocycles. The normalized spacial score (nSPS) is 15.9. The number of ether oxygens (including phenoxy) is 6. The second-order valence-electron chi connectivity index (χ2n) is 24.8. The molecule has 0 N–H and O–H groups in total. The molecule has 452 valence electrons. The van der Waals surface area contributed by atoms with Gasteiger partial charge in [-0.2, -0.15) is 0 Å². The maximum Gasteiger partial charge on any atom is 0.178 e. The maximum absolute atomic E-state index is 7.99. The monoisotopic (exact) mass is 1230 g/mol. The number of benzene rings is 5. The quantitative estimate of drug-likeness (QED) is 0.0409. The lowest BCUT2D eigenvalue weighted by atomic mass is 9.67. The van der Waals surface area contributed by atoms with Crippen molar-refractivity contribution < 1.29 is 32.5 Å². The van der Waals surface area contributed by atoms with E-state index in [1.807, 2.05) is 23.9 Å². The highest BCUT2D eigenvalue weighted by Crippen LogP contribution is 2.64. The topological polar surface area (TPSA) is 64.6 Å². The molecule has 1 atom stereocenters. The Labute approximate surface area is 537 Å². The second-order valence-corrected chi connectivity index (χ2v) is 34.9. The van der Waals surface area contributed by atoms with Crippen LogP contribution < -0.4 is 18.9 Å². The predicted octanol–water partition coefficient (Wildman–Crippen LogP) is 16.7. The summed E-state index contributed by atoms with van der Waals surface area (Å²) in [6.45, 7) is 23.0. The van der Waals surface area contributed by atoms with Crippen LogP contribution in [0.1, 0.15) is 127 Å². The first-order valence-corrected chi connectivity index (χ1v) is 38.6. The van der Waals surface area contributed by atoms with E-state index in [0.29, 0.717) is 25.6 Å². The average molecular weight is 1230 g/mol. The molecule has 1 unspecified atom stereocenters. The lowest BCUT2D eigenvalue weighted by molar-refractivity contribution is 0.0757. The van der Waals surface area contributed by atoms with Crippen molar-refractivity contribution in [2.75, 3.05) is 33.0 Å². The van der Waals surface area contributed by atoms with Crippen LogP contribution in [0.15, 0.2) is 95.9 Å². The first kappa shape index (κ1) is 65.3. The van der Waals surface area contributed by atoms with Crippen molar-refractivity contribution in [2.24, 2.45) is 11.8 Å². The van der Waals surface area contributed by atoms with Crippen molar-refractivity contribution in [3.05, 3.63) is 119 Å². The lowest BCUT2D eigenvalue weighted by Crippen LogP contribution is -2.44. The van der Waals surface area contributed by atoms with Crippen LogP contribution in [-0.4, -0.2) is 54.6 Å². The van der Waals surface area contributed by atoms with E-state index in [4.69, 9.17) is 39.0 Å². The van der Waals surface area contributed by atoms with E-state index in [1.54, 1.807) is 0 Å². The summed E-state index contributed by atoms with van der Waals surface area (Å²) < 4.78 is 46.3. The summed E-state index contributed by atoms with van der Waals surface area (Å²) in [5, 5.41) is 2.26. The number of hydrogen-bond donors (Lipinski definition) is 0. The molecule has 0 bridgehead atoms. The molecule has 7 nitrogen and oxygen atoms in total. The molecular weight excluding hydrogens is 1150 g/mol. The van der Waals surface area contributed by atoms with Gasteiger partial charge in [-0.15, -0.1) is 6.42 Å². The molecule has 1 fully saturated rings. The minimum absolute atomic E-state index is 0.161. The summed E-state index contributed by atoms with van der Waals surface area (Å²) in [4.78, 5) is 0.739. The Morgan fingerprint density at radius 3 is 1.73 bits per heavy atom. The Balaban J connectivity index is 0.982. The van der Waals surface area contributed by atoms with Gasteiger partial charge in [-0.1, -0.05) is 146 Å². The summed E-state index contributed by atoms with van der Waals surface area (Å²) >= 11 is 1.86. The summed E-state index contributed by atoms with van der Waals surface area (Å²) in [7, 11) is -3.42. The third kappa shape index (κ3) is 15.6. The Morgan fingerprint density at radius 1 is 0.596 bits per heavy atom. The number of fused-ring (bicyclic) bond motifs is 11. The summed E-state index contributed by atoms with van der Waals surface area (Å²) in [6, 6.07) is 32.9.